The summed E-state index contributed by atoms with van der Waals surface area (Å²) in [6.07, 6.45) is -4.43. The number of hydrogen-bond acceptors (Lipinski definition) is 2. The average molecular weight is 256 g/mol. The number of nitrogens with two attached hydrogens (primary N) is 1. The maximum atomic E-state index is 12.2. The first kappa shape index (κ1) is 14.5. The third-order valence-electron chi connectivity index (χ3n) is 1.58. The molecule has 0 saturated heterocycles. The molecule has 0 radical (unpaired) electrons. The molecule has 90 valence electrons. The van der Waals surface area contributed by atoms with Crippen LogP contribution in [0.2, 0.25) is 0 Å². The summed E-state index contributed by atoms with van der Waals surface area (Å²) in [5.74, 6) is 4.76. The van der Waals surface area contributed by atoms with Gasteiger partial charge >= 0.3 is 12.2 Å². The largest absolute Gasteiger partial charge is 0.416 e. The van der Waals surface area contributed by atoms with Crippen molar-refractivity contribution >= 4 is 24.1 Å². The smallest absolute Gasteiger partial charge is 0.307 e. The highest BCUT2D eigenvalue weighted by Crippen LogP contribution is 2.30. The summed E-state index contributed by atoms with van der Waals surface area (Å²) in [6, 6.07) is 3.45. The zero-order chi connectivity index (χ0) is 11.5. The van der Waals surface area contributed by atoms with Gasteiger partial charge < -0.3 is 5.32 Å². The van der Waals surface area contributed by atoms with E-state index < -0.39 is 17.8 Å². The predicted octanol–water partition coefficient (Wildman–Crippen LogP) is 2.12. The van der Waals surface area contributed by atoms with Crippen molar-refractivity contribution in [3.8, 4) is 0 Å². The van der Waals surface area contributed by atoms with E-state index in [1.165, 1.54) is 12.1 Å². The van der Waals surface area contributed by atoms with Gasteiger partial charge in [-0.15, -0.1) is 12.4 Å². The normalized spacial score (nSPS) is 10.2. The molecule has 2 amide bonds. The van der Waals surface area contributed by atoms with Gasteiger partial charge in [0.1, 0.15) is 0 Å². The van der Waals surface area contributed by atoms with Crippen molar-refractivity contribution in [1.29, 1.82) is 0 Å². The Balaban J connectivity index is 0.00000225. The highest BCUT2D eigenvalue weighted by Gasteiger charge is 2.30. The Bertz CT molecular complexity index is 370. The van der Waals surface area contributed by atoms with Crippen LogP contribution in [0.3, 0.4) is 0 Å². The number of carbonyl (C=O) groups is 1. The molecule has 0 saturated carbocycles. The Hall–Kier alpha value is -1.47. The van der Waals surface area contributed by atoms with Crippen LogP contribution in [-0.4, -0.2) is 6.03 Å². The van der Waals surface area contributed by atoms with Crippen molar-refractivity contribution in [3.63, 3.8) is 0 Å². The molecule has 0 spiro atoms. The molecule has 0 unspecified atom stereocenters. The number of hydrazine groups is 1. The molecule has 1 aromatic carbocycles. The van der Waals surface area contributed by atoms with Crippen LogP contribution in [-0.2, 0) is 6.18 Å². The van der Waals surface area contributed by atoms with E-state index in [2.05, 4.69) is 5.32 Å². The van der Waals surface area contributed by atoms with Crippen LogP contribution < -0.4 is 16.6 Å². The second-order valence-corrected chi connectivity index (χ2v) is 2.68. The lowest BCUT2D eigenvalue weighted by Gasteiger charge is -2.09. The zero-order valence-corrected chi connectivity index (χ0v) is 8.65. The fourth-order valence-corrected chi connectivity index (χ4v) is 0.940. The van der Waals surface area contributed by atoms with Crippen LogP contribution in [0.15, 0.2) is 24.3 Å². The fraction of sp³-hybridized carbons (Fsp3) is 0.125. The number of rotatable bonds is 1. The molecule has 4 nitrogen and oxygen atoms in total. The molecule has 0 aliphatic rings. The van der Waals surface area contributed by atoms with Crippen LogP contribution in [0.4, 0.5) is 23.7 Å². The second kappa shape index (κ2) is 5.57. The summed E-state index contributed by atoms with van der Waals surface area (Å²) in [6.45, 7) is 0. The lowest BCUT2D eigenvalue weighted by atomic mass is 10.2. The number of hydrogen-bond donors (Lipinski definition) is 3. The number of anilines is 1. The molecule has 0 aliphatic heterocycles. The minimum absolute atomic E-state index is 0. The molecule has 4 N–H and O–H groups in total. The molecule has 1 aromatic rings. The van der Waals surface area contributed by atoms with Crippen molar-refractivity contribution in [2.24, 2.45) is 5.84 Å². The SMILES string of the molecule is Cl.NNC(=O)Nc1cccc(C(F)(F)F)c1. The van der Waals surface area contributed by atoms with Crippen molar-refractivity contribution in [2.45, 2.75) is 6.18 Å². The lowest BCUT2D eigenvalue weighted by Crippen LogP contribution is -2.34. The molecule has 0 aromatic heterocycles. The van der Waals surface area contributed by atoms with Gasteiger partial charge in [0.25, 0.3) is 0 Å². The molecule has 0 bridgehead atoms. The summed E-state index contributed by atoms with van der Waals surface area (Å²) in [4.78, 5) is 10.7. The van der Waals surface area contributed by atoms with E-state index in [-0.39, 0.29) is 18.1 Å². The van der Waals surface area contributed by atoms with Crippen LogP contribution in [0.25, 0.3) is 0 Å². The van der Waals surface area contributed by atoms with Gasteiger partial charge in [-0.05, 0) is 18.2 Å². The number of halogens is 4. The number of nitrogens with one attached hydrogen (secondary N) is 2. The molecule has 0 heterocycles. The number of alkyl halides is 3. The van der Waals surface area contributed by atoms with Crippen molar-refractivity contribution in [3.05, 3.63) is 29.8 Å². The van der Waals surface area contributed by atoms with Gasteiger partial charge in [-0.25, -0.2) is 10.6 Å². The van der Waals surface area contributed by atoms with Gasteiger partial charge in [0, 0.05) is 5.69 Å². The Morgan fingerprint density at radius 3 is 2.44 bits per heavy atom. The number of benzene rings is 1. The lowest BCUT2D eigenvalue weighted by molar-refractivity contribution is -0.137. The number of carbonyl (C=O) groups excluding carboxylic acids is 1. The Morgan fingerprint density at radius 2 is 1.94 bits per heavy atom. The molecule has 1 rings (SSSR count). The Labute approximate surface area is 95.4 Å². The molecule has 0 aliphatic carbocycles. The van der Waals surface area contributed by atoms with Gasteiger partial charge in [0.05, 0.1) is 5.56 Å². The molecular formula is C8H9ClF3N3O. The monoisotopic (exact) mass is 255 g/mol. The van der Waals surface area contributed by atoms with Crippen molar-refractivity contribution < 1.29 is 18.0 Å². The predicted molar refractivity (Wildman–Crippen MR) is 55.0 cm³/mol. The summed E-state index contributed by atoms with van der Waals surface area (Å²) >= 11 is 0. The highest BCUT2D eigenvalue weighted by atomic mass is 35.5. The Kier molecular flexibility index (Phi) is 5.06. The maximum absolute atomic E-state index is 12.2. The molecular weight excluding hydrogens is 247 g/mol. The summed E-state index contributed by atoms with van der Waals surface area (Å²) in [5.41, 5.74) is 0.926. The van der Waals surface area contributed by atoms with Gasteiger partial charge in [-0.3, -0.25) is 5.43 Å². The quantitative estimate of drug-likeness (QED) is 0.409. The van der Waals surface area contributed by atoms with Crippen molar-refractivity contribution in [2.75, 3.05) is 5.32 Å². The van der Waals surface area contributed by atoms with E-state index in [4.69, 9.17) is 5.84 Å². The third kappa shape index (κ3) is 3.95. The van der Waals surface area contributed by atoms with Gasteiger partial charge in [0.2, 0.25) is 0 Å². The summed E-state index contributed by atoms with van der Waals surface area (Å²) < 4.78 is 36.7. The van der Waals surface area contributed by atoms with E-state index in [0.717, 1.165) is 12.1 Å². The maximum Gasteiger partial charge on any atom is 0.416 e. The first-order chi connectivity index (χ1) is 6.93. The van der Waals surface area contributed by atoms with E-state index >= 15 is 0 Å². The van der Waals surface area contributed by atoms with E-state index in [9.17, 15) is 18.0 Å². The average Bonchev–Trinajstić information content (AvgIpc) is 2.17. The minimum atomic E-state index is -4.43. The molecule has 0 fully saturated rings. The first-order valence-corrected chi connectivity index (χ1v) is 3.88. The zero-order valence-electron chi connectivity index (χ0n) is 7.84. The van der Waals surface area contributed by atoms with Crippen LogP contribution >= 0.6 is 12.4 Å². The van der Waals surface area contributed by atoms with Gasteiger partial charge in [-0.1, -0.05) is 6.07 Å². The standard InChI is InChI=1S/C8H8F3N3O.ClH/c9-8(10,11)5-2-1-3-6(4-5)13-7(15)14-12;/h1-4H,12H2,(H2,13,14,15);1H. The first-order valence-electron chi connectivity index (χ1n) is 3.88. The van der Waals surface area contributed by atoms with E-state index in [0.29, 0.717) is 0 Å². The summed E-state index contributed by atoms with van der Waals surface area (Å²) in [7, 11) is 0. The van der Waals surface area contributed by atoms with E-state index in [1.807, 2.05) is 0 Å². The number of urea groups is 1. The molecule has 16 heavy (non-hydrogen) atoms. The highest BCUT2D eigenvalue weighted by molar-refractivity contribution is 5.88. The van der Waals surface area contributed by atoms with Gasteiger partial charge in [0.15, 0.2) is 0 Å². The van der Waals surface area contributed by atoms with Crippen LogP contribution in [0.1, 0.15) is 5.56 Å². The number of amides is 2. The minimum Gasteiger partial charge on any atom is -0.307 e. The summed E-state index contributed by atoms with van der Waals surface area (Å²) in [5, 5.41) is 2.13. The second-order valence-electron chi connectivity index (χ2n) is 2.68. The van der Waals surface area contributed by atoms with Crippen LogP contribution in [0, 0.1) is 0 Å². The van der Waals surface area contributed by atoms with Crippen LogP contribution in [0.5, 0.6) is 0 Å². The van der Waals surface area contributed by atoms with E-state index in [1.54, 1.807) is 5.43 Å². The molecule has 0 atom stereocenters. The Morgan fingerprint density at radius 1 is 1.31 bits per heavy atom. The third-order valence-corrected chi connectivity index (χ3v) is 1.58. The van der Waals surface area contributed by atoms with Gasteiger partial charge in [-0.2, -0.15) is 13.2 Å². The molecule has 8 heteroatoms. The topological polar surface area (TPSA) is 67.1 Å². The fourth-order valence-electron chi connectivity index (χ4n) is 0.940. The van der Waals surface area contributed by atoms with Crippen molar-refractivity contribution in [1.82, 2.24) is 5.43 Å².